The number of carbonyl (C=O) groups excluding carboxylic acids is 1. The van der Waals surface area contributed by atoms with Gasteiger partial charge in [-0.25, -0.2) is 14.3 Å². The molecule has 0 spiro atoms. The van der Waals surface area contributed by atoms with Gasteiger partial charge in [0.15, 0.2) is 5.65 Å². The van der Waals surface area contributed by atoms with E-state index in [2.05, 4.69) is 46.4 Å². The minimum atomic E-state index is -0.0943. The van der Waals surface area contributed by atoms with Gasteiger partial charge < -0.3 is 15.1 Å². The first kappa shape index (κ1) is 17.3. The number of fused-ring (bicyclic) bond motifs is 2. The molecule has 0 saturated carbocycles. The fraction of sp³-hybridized carbons (Fsp3) is 0.350. The number of amides is 2. The molecule has 7 nitrogen and oxygen atoms in total. The van der Waals surface area contributed by atoms with E-state index in [1.54, 1.807) is 10.7 Å². The Labute approximate surface area is 158 Å². The van der Waals surface area contributed by atoms with Gasteiger partial charge in [-0.1, -0.05) is 25.1 Å². The van der Waals surface area contributed by atoms with Crippen LogP contribution >= 0.6 is 0 Å². The van der Waals surface area contributed by atoms with Crippen LogP contribution in [0.25, 0.3) is 5.65 Å². The summed E-state index contributed by atoms with van der Waals surface area (Å²) in [6.07, 6.45) is 2.69. The maximum atomic E-state index is 13.1. The number of hydrogen-bond acceptors (Lipinski definition) is 4. The molecular formula is C20H24N6O. The molecular weight excluding hydrogens is 340 g/mol. The van der Waals surface area contributed by atoms with E-state index in [0.717, 1.165) is 24.2 Å². The predicted molar refractivity (Wildman–Crippen MR) is 106 cm³/mol. The summed E-state index contributed by atoms with van der Waals surface area (Å²) in [5.74, 6) is 0.705. The van der Waals surface area contributed by atoms with Crippen molar-refractivity contribution in [2.75, 3.05) is 23.8 Å². The Hall–Kier alpha value is -3.09. The molecule has 7 heteroatoms. The Morgan fingerprint density at radius 3 is 2.89 bits per heavy atom. The lowest BCUT2D eigenvalue weighted by molar-refractivity contribution is 0.185. The first-order valence-corrected chi connectivity index (χ1v) is 9.25. The fourth-order valence-corrected chi connectivity index (χ4v) is 3.69. The normalized spacial score (nSPS) is 16.9. The SMILES string of the molecule is CCC1CN(C)c2ccccc2CN1C(=O)Nc1ccc2nc(C)nn2c1. The van der Waals surface area contributed by atoms with Crippen molar-refractivity contribution in [3.63, 3.8) is 0 Å². The number of pyridine rings is 1. The van der Waals surface area contributed by atoms with Crippen molar-refractivity contribution >= 4 is 23.1 Å². The van der Waals surface area contributed by atoms with Crippen molar-refractivity contribution in [2.45, 2.75) is 32.9 Å². The first-order chi connectivity index (χ1) is 13.0. The molecule has 0 fully saturated rings. The second kappa shape index (κ2) is 6.90. The maximum Gasteiger partial charge on any atom is 0.322 e. The van der Waals surface area contributed by atoms with E-state index in [1.165, 1.54) is 5.69 Å². The molecule has 1 aromatic carbocycles. The molecule has 2 aromatic heterocycles. The topological polar surface area (TPSA) is 65.8 Å². The standard InChI is InChI=1S/C20H24N6O/c1-4-17-13-24(3)18-8-6-5-7-15(18)11-25(17)20(27)22-16-9-10-19-21-14(2)23-26(19)12-16/h5-10,12,17H,4,11,13H2,1-3H3,(H,22,27). The van der Waals surface area contributed by atoms with Gasteiger partial charge in [0.1, 0.15) is 5.82 Å². The number of nitrogens with zero attached hydrogens (tertiary/aromatic N) is 5. The molecule has 0 saturated heterocycles. The van der Waals surface area contributed by atoms with E-state index < -0.39 is 0 Å². The average Bonchev–Trinajstić information content (AvgIpc) is 2.96. The van der Waals surface area contributed by atoms with Crippen LogP contribution in [0.3, 0.4) is 0 Å². The monoisotopic (exact) mass is 364 g/mol. The zero-order valence-corrected chi connectivity index (χ0v) is 15.9. The molecule has 1 aliphatic rings. The lowest BCUT2D eigenvalue weighted by atomic mass is 10.1. The minimum Gasteiger partial charge on any atom is -0.372 e. The molecule has 1 atom stereocenters. The van der Waals surface area contributed by atoms with Crippen LogP contribution in [0.2, 0.25) is 0 Å². The van der Waals surface area contributed by atoms with E-state index in [4.69, 9.17) is 0 Å². The number of benzene rings is 1. The van der Waals surface area contributed by atoms with E-state index in [9.17, 15) is 4.79 Å². The van der Waals surface area contributed by atoms with Crippen LogP contribution in [-0.2, 0) is 6.54 Å². The Kier molecular flexibility index (Phi) is 4.43. The molecule has 0 bridgehead atoms. The second-order valence-electron chi connectivity index (χ2n) is 7.01. The smallest absolute Gasteiger partial charge is 0.322 e. The predicted octanol–water partition coefficient (Wildman–Crippen LogP) is 3.30. The first-order valence-electron chi connectivity index (χ1n) is 9.25. The van der Waals surface area contributed by atoms with Gasteiger partial charge in [-0.3, -0.25) is 0 Å². The molecule has 3 aromatic rings. The number of hydrogen-bond donors (Lipinski definition) is 1. The van der Waals surface area contributed by atoms with Gasteiger partial charge in [0.25, 0.3) is 0 Å². The number of carbonyl (C=O) groups is 1. The number of aromatic nitrogens is 3. The lowest BCUT2D eigenvalue weighted by Gasteiger charge is -2.30. The van der Waals surface area contributed by atoms with Gasteiger partial charge in [-0.2, -0.15) is 5.10 Å². The highest BCUT2D eigenvalue weighted by Crippen LogP contribution is 2.27. The molecule has 0 aliphatic carbocycles. The number of para-hydroxylation sites is 1. The summed E-state index contributed by atoms with van der Waals surface area (Å²) >= 11 is 0. The molecule has 27 heavy (non-hydrogen) atoms. The van der Waals surface area contributed by atoms with Crippen LogP contribution < -0.4 is 10.2 Å². The van der Waals surface area contributed by atoms with Crippen LogP contribution in [0, 0.1) is 6.92 Å². The third-order valence-corrected chi connectivity index (χ3v) is 5.09. The van der Waals surface area contributed by atoms with Gasteiger partial charge in [-0.05, 0) is 37.1 Å². The fourth-order valence-electron chi connectivity index (χ4n) is 3.69. The molecule has 2 amide bonds. The Morgan fingerprint density at radius 1 is 1.26 bits per heavy atom. The molecule has 0 radical (unpaired) electrons. The average molecular weight is 364 g/mol. The summed E-state index contributed by atoms with van der Waals surface area (Å²) in [7, 11) is 2.09. The highest BCUT2D eigenvalue weighted by Gasteiger charge is 2.28. The van der Waals surface area contributed by atoms with Gasteiger partial charge >= 0.3 is 6.03 Å². The number of rotatable bonds is 2. The van der Waals surface area contributed by atoms with Crippen LogP contribution in [0.4, 0.5) is 16.2 Å². The second-order valence-corrected chi connectivity index (χ2v) is 7.01. The maximum absolute atomic E-state index is 13.1. The van der Waals surface area contributed by atoms with E-state index in [-0.39, 0.29) is 12.1 Å². The number of anilines is 2. The van der Waals surface area contributed by atoms with Crippen molar-refractivity contribution in [3.05, 3.63) is 54.0 Å². The molecule has 3 heterocycles. The molecule has 140 valence electrons. The van der Waals surface area contributed by atoms with Crippen LogP contribution in [0.1, 0.15) is 24.7 Å². The molecule has 4 rings (SSSR count). The molecule has 1 unspecified atom stereocenters. The van der Waals surface area contributed by atoms with Crippen molar-refractivity contribution in [1.82, 2.24) is 19.5 Å². The quantitative estimate of drug-likeness (QED) is 0.758. The van der Waals surface area contributed by atoms with Crippen molar-refractivity contribution in [1.29, 1.82) is 0 Å². The van der Waals surface area contributed by atoms with Crippen LogP contribution in [0.5, 0.6) is 0 Å². The third kappa shape index (κ3) is 3.32. The number of likely N-dealkylation sites (N-methyl/N-ethyl adjacent to an activating group) is 1. The van der Waals surface area contributed by atoms with E-state index in [0.29, 0.717) is 18.1 Å². The van der Waals surface area contributed by atoms with Gasteiger partial charge in [0, 0.05) is 25.8 Å². The van der Waals surface area contributed by atoms with E-state index in [1.807, 2.05) is 36.1 Å². The zero-order valence-electron chi connectivity index (χ0n) is 15.9. The highest BCUT2D eigenvalue weighted by atomic mass is 16.2. The minimum absolute atomic E-state index is 0.0943. The van der Waals surface area contributed by atoms with Gasteiger partial charge in [0.05, 0.1) is 17.9 Å². The Bertz CT molecular complexity index is 982. The number of urea groups is 1. The number of nitrogens with one attached hydrogen (secondary N) is 1. The summed E-state index contributed by atoms with van der Waals surface area (Å²) in [5.41, 5.74) is 3.82. The van der Waals surface area contributed by atoms with E-state index >= 15 is 0 Å². The summed E-state index contributed by atoms with van der Waals surface area (Å²) in [5, 5.41) is 7.34. The third-order valence-electron chi connectivity index (χ3n) is 5.09. The largest absolute Gasteiger partial charge is 0.372 e. The van der Waals surface area contributed by atoms with Gasteiger partial charge in [0.2, 0.25) is 0 Å². The highest BCUT2D eigenvalue weighted by molar-refractivity contribution is 5.89. The summed E-state index contributed by atoms with van der Waals surface area (Å²) in [4.78, 5) is 21.6. The molecule has 1 aliphatic heterocycles. The lowest BCUT2D eigenvalue weighted by Crippen LogP contribution is -2.45. The zero-order chi connectivity index (χ0) is 19.0. The summed E-state index contributed by atoms with van der Waals surface area (Å²) in [6.45, 7) is 5.37. The van der Waals surface area contributed by atoms with Crippen molar-refractivity contribution < 1.29 is 4.79 Å². The van der Waals surface area contributed by atoms with Gasteiger partial charge in [-0.15, -0.1) is 0 Å². The summed E-state index contributed by atoms with van der Waals surface area (Å²) in [6, 6.07) is 12.0. The van der Waals surface area contributed by atoms with Crippen molar-refractivity contribution in [3.8, 4) is 0 Å². The Morgan fingerprint density at radius 2 is 2.07 bits per heavy atom. The number of aryl methyl sites for hydroxylation is 1. The molecule has 1 N–H and O–H groups in total. The summed E-state index contributed by atoms with van der Waals surface area (Å²) < 4.78 is 1.69. The van der Waals surface area contributed by atoms with Crippen LogP contribution in [0.15, 0.2) is 42.6 Å². The Balaban J connectivity index is 1.60. The van der Waals surface area contributed by atoms with Crippen molar-refractivity contribution in [2.24, 2.45) is 0 Å². The van der Waals surface area contributed by atoms with Crippen LogP contribution in [-0.4, -0.2) is 45.2 Å².